The number of anilines is 1. The second-order valence-corrected chi connectivity index (χ2v) is 5.33. The highest BCUT2D eigenvalue weighted by Gasteiger charge is 2.05. The molecule has 2 N–H and O–H groups in total. The zero-order valence-corrected chi connectivity index (χ0v) is 12.3. The summed E-state index contributed by atoms with van der Waals surface area (Å²) in [5, 5.41) is 0.660. The standard InChI is InChI=1S/C14H13BrClNO/c1-9-2-5-14(12(15)6-9)18-8-10-7-11(17)3-4-13(10)16/h2-7H,8,17H2,1H3. The lowest BCUT2D eigenvalue weighted by molar-refractivity contribution is 0.304. The Morgan fingerprint density at radius 2 is 2.00 bits per heavy atom. The topological polar surface area (TPSA) is 35.2 Å². The molecule has 2 aromatic carbocycles. The van der Waals surface area contributed by atoms with Gasteiger partial charge in [-0.15, -0.1) is 0 Å². The van der Waals surface area contributed by atoms with E-state index < -0.39 is 0 Å². The molecular formula is C14H13BrClNO. The van der Waals surface area contributed by atoms with E-state index in [0.717, 1.165) is 15.8 Å². The second kappa shape index (κ2) is 5.63. The highest BCUT2D eigenvalue weighted by atomic mass is 79.9. The quantitative estimate of drug-likeness (QED) is 0.838. The van der Waals surface area contributed by atoms with Gasteiger partial charge in [-0.25, -0.2) is 0 Å². The zero-order valence-electron chi connectivity index (χ0n) is 9.91. The van der Waals surface area contributed by atoms with Gasteiger partial charge in [-0.05, 0) is 58.7 Å². The number of rotatable bonds is 3. The highest BCUT2D eigenvalue weighted by Crippen LogP contribution is 2.28. The van der Waals surface area contributed by atoms with Crippen molar-refractivity contribution in [2.45, 2.75) is 13.5 Å². The maximum absolute atomic E-state index is 6.08. The molecule has 0 radical (unpaired) electrons. The van der Waals surface area contributed by atoms with E-state index in [0.29, 0.717) is 17.3 Å². The Balaban J connectivity index is 2.13. The van der Waals surface area contributed by atoms with E-state index in [9.17, 15) is 0 Å². The molecule has 0 aromatic heterocycles. The Morgan fingerprint density at radius 3 is 2.72 bits per heavy atom. The first kappa shape index (κ1) is 13.2. The van der Waals surface area contributed by atoms with E-state index in [-0.39, 0.29) is 0 Å². The molecule has 0 saturated heterocycles. The number of hydrogen-bond donors (Lipinski definition) is 1. The largest absolute Gasteiger partial charge is 0.488 e. The average molecular weight is 327 g/mol. The fraction of sp³-hybridized carbons (Fsp3) is 0.143. The third kappa shape index (κ3) is 3.18. The molecule has 0 amide bonds. The van der Waals surface area contributed by atoms with Crippen molar-refractivity contribution >= 4 is 33.2 Å². The molecule has 0 fully saturated rings. The summed E-state index contributed by atoms with van der Waals surface area (Å²) in [6.45, 7) is 2.43. The maximum atomic E-state index is 6.08. The molecule has 0 spiro atoms. The van der Waals surface area contributed by atoms with Crippen molar-refractivity contribution in [1.82, 2.24) is 0 Å². The first-order chi connectivity index (χ1) is 8.56. The van der Waals surface area contributed by atoms with Crippen LogP contribution in [0, 0.1) is 6.92 Å². The molecule has 2 nitrogen and oxygen atoms in total. The molecule has 0 aliphatic carbocycles. The smallest absolute Gasteiger partial charge is 0.134 e. The Labute approximate surface area is 120 Å². The predicted octanol–water partition coefficient (Wildman–Crippen LogP) is 4.57. The van der Waals surface area contributed by atoms with Crippen LogP contribution in [0.3, 0.4) is 0 Å². The summed E-state index contributed by atoms with van der Waals surface area (Å²) in [4.78, 5) is 0. The number of ether oxygens (including phenoxy) is 1. The van der Waals surface area contributed by atoms with Crippen molar-refractivity contribution < 1.29 is 4.74 Å². The van der Waals surface area contributed by atoms with Crippen LogP contribution in [0.2, 0.25) is 5.02 Å². The summed E-state index contributed by atoms with van der Waals surface area (Å²) in [5.41, 5.74) is 8.46. The predicted molar refractivity (Wildman–Crippen MR) is 79.1 cm³/mol. The second-order valence-electron chi connectivity index (χ2n) is 4.07. The first-order valence-electron chi connectivity index (χ1n) is 5.49. The lowest BCUT2D eigenvalue weighted by Gasteiger charge is -2.10. The Morgan fingerprint density at radius 1 is 1.22 bits per heavy atom. The van der Waals surface area contributed by atoms with Crippen LogP contribution in [-0.4, -0.2) is 0 Å². The van der Waals surface area contributed by atoms with Gasteiger partial charge in [-0.2, -0.15) is 0 Å². The van der Waals surface area contributed by atoms with Crippen molar-refractivity contribution in [3.05, 3.63) is 57.0 Å². The first-order valence-corrected chi connectivity index (χ1v) is 6.66. The van der Waals surface area contributed by atoms with E-state index in [1.54, 1.807) is 12.1 Å². The highest BCUT2D eigenvalue weighted by molar-refractivity contribution is 9.10. The molecule has 0 unspecified atom stereocenters. The Kier molecular flexibility index (Phi) is 4.15. The van der Waals surface area contributed by atoms with Crippen LogP contribution >= 0.6 is 27.5 Å². The third-order valence-electron chi connectivity index (χ3n) is 2.54. The lowest BCUT2D eigenvalue weighted by Crippen LogP contribution is -1.98. The van der Waals surface area contributed by atoms with Crippen molar-refractivity contribution in [3.63, 3.8) is 0 Å². The molecular weight excluding hydrogens is 314 g/mol. The fourth-order valence-electron chi connectivity index (χ4n) is 1.58. The Hall–Kier alpha value is -1.19. The van der Waals surface area contributed by atoms with Gasteiger partial charge in [-0.3, -0.25) is 0 Å². The van der Waals surface area contributed by atoms with Crippen molar-refractivity contribution in [1.29, 1.82) is 0 Å². The van der Waals surface area contributed by atoms with Crippen LogP contribution in [0.5, 0.6) is 5.75 Å². The van der Waals surface area contributed by atoms with Gasteiger partial charge in [-0.1, -0.05) is 17.7 Å². The molecule has 18 heavy (non-hydrogen) atoms. The van der Waals surface area contributed by atoms with E-state index in [2.05, 4.69) is 15.9 Å². The van der Waals surface area contributed by atoms with Gasteiger partial charge in [0.2, 0.25) is 0 Å². The summed E-state index contributed by atoms with van der Waals surface area (Å²) in [6.07, 6.45) is 0. The minimum Gasteiger partial charge on any atom is -0.488 e. The number of aryl methyl sites for hydroxylation is 1. The molecule has 2 aromatic rings. The van der Waals surface area contributed by atoms with Crippen molar-refractivity contribution in [2.75, 3.05) is 5.73 Å². The van der Waals surface area contributed by atoms with Crippen molar-refractivity contribution in [3.8, 4) is 5.75 Å². The summed E-state index contributed by atoms with van der Waals surface area (Å²) in [7, 11) is 0. The lowest BCUT2D eigenvalue weighted by atomic mass is 10.2. The molecule has 94 valence electrons. The minimum atomic E-state index is 0.394. The number of nitrogens with two attached hydrogens (primary N) is 1. The number of halogens is 2. The van der Waals surface area contributed by atoms with Crippen LogP contribution in [-0.2, 0) is 6.61 Å². The van der Waals surface area contributed by atoms with Gasteiger partial charge in [0.05, 0.1) is 4.47 Å². The van der Waals surface area contributed by atoms with Crippen LogP contribution in [0.25, 0.3) is 0 Å². The monoisotopic (exact) mass is 325 g/mol. The normalized spacial score (nSPS) is 10.4. The van der Waals surface area contributed by atoms with E-state index in [1.165, 1.54) is 5.56 Å². The molecule has 0 saturated carbocycles. The summed E-state index contributed by atoms with van der Waals surface area (Å²) in [6, 6.07) is 11.3. The van der Waals surface area contributed by atoms with Crippen LogP contribution in [0.1, 0.15) is 11.1 Å². The maximum Gasteiger partial charge on any atom is 0.134 e. The summed E-state index contributed by atoms with van der Waals surface area (Å²) in [5.74, 6) is 0.791. The number of nitrogen functional groups attached to an aromatic ring is 1. The molecule has 0 heterocycles. The zero-order chi connectivity index (χ0) is 13.1. The van der Waals surface area contributed by atoms with Gasteiger partial charge >= 0.3 is 0 Å². The molecule has 2 rings (SSSR count). The average Bonchev–Trinajstić information content (AvgIpc) is 2.32. The number of benzene rings is 2. The van der Waals surface area contributed by atoms with Crippen LogP contribution in [0.4, 0.5) is 5.69 Å². The fourth-order valence-corrected chi connectivity index (χ4v) is 2.36. The molecule has 0 atom stereocenters. The minimum absolute atomic E-state index is 0.394. The number of hydrogen-bond acceptors (Lipinski definition) is 2. The van der Waals surface area contributed by atoms with E-state index >= 15 is 0 Å². The van der Waals surface area contributed by atoms with Crippen LogP contribution < -0.4 is 10.5 Å². The van der Waals surface area contributed by atoms with Gasteiger partial charge < -0.3 is 10.5 Å². The van der Waals surface area contributed by atoms with Gasteiger partial charge in [0.1, 0.15) is 12.4 Å². The van der Waals surface area contributed by atoms with Gasteiger partial charge in [0.15, 0.2) is 0 Å². The molecule has 0 bridgehead atoms. The molecule has 0 aliphatic heterocycles. The SMILES string of the molecule is Cc1ccc(OCc2cc(N)ccc2Cl)c(Br)c1. The van der Waals surface area contributed by atoms with Gasteiger partial charge in [0, 0.05) is 16.3 Å². The van der Waals surface area contributed by atoms with Crippen molar-refractivity contribution in [2.24, 2.45) is 0 Å². The third-order valence-corrected chi connectivity index (χ3v) is 3.53. The van der Waals surface area contributed by atoms with Gasteiger partial charge in [0.25, 0.3) is 0 Å². The molecule has 0 aliphatic rings. The van der Waals surface area contributed by atoms with E-state index in [4.69, 9.17) is 22.1 Å². The van der Waals surface area contributed by atoms with Crippen LogP contribution in [0.15, 0.2) is 40.9 Å². The molecule has 4 heteroatoms. The summed E-state index contributed by atoms with van der Waals surface area (Å²) < 4.78 is 6.66. The summed E-state index contributed by atoms with van der Waals surface area (Å²) >= 11 is 9.55. The van der Waals surface area contributed by atoms with E-state index in [1.807, 2.05) is 31.2 Å². The Bertz CT molecular complexity index is 572.